The highest BCUT2D eigenvalue weighted by atomic mass is 32.1. The maximum Gasteiger partial charge on any atom is 0.148 e. The summed E-state index contributed by atoms with van der Waals surface area (Å²) in [5.74, 6) is 0. The van der Waals surface area contributed by atoms with Gasteiger partial charge in [-0.2, -0.15) is 0 Å². The van der Waals surface area contributed by atoms with Gasteiger partial charge in [0.05, 0.1) is 43.4 Å². The van der Waals surface area contributed by atoms with E-state index in [0.717, 1.165) is 16.7 Å². The van der Waals surface area contributed by atoms with Crippen molar-refractivity contribution in [3.63, 3.8) is 0 Å². The van der Waals surface area contributed by atoms with Crippen LogP contribution < -0.4 is 0 Å². The van der Waals surface area contributed by atoms with Crippen molar-refractivity contribution < 1.29 is 0 Å². The predicted octanol–water partition coefficient (Wildman–Crippen LogP) is 11.9. The predicted molar refractivity (Wildman–Crippen MR) is 199 cm³/mol. The number of thiophene rings is 1. The van der Waals surface area contributed by atoms with Crippen molar-refractivity contribution in [2.24, 2.45) is 0 Å². The smallest absolute Gasteiger partial charge is 0.148 e. The van der Waals surface area contributed by atoms with Crippen molar-refractivity contribution in [2.75, 3.05) is 0 Å². The molecule has 7 aromatic carbocycles. The molecule has 0 bridgehead atoms. The van der Waals surface area contributed by atoms with Gasteiger partial charge in [0.25, 0.3) is 0 Å². The van der Waals surface area contributed by atoms with Crippen molar-refractivity contribution in [1.82, 2.24) is 14.0 Å². The van der Waals surface area contributed by atoms with E-state index in [1.165, 1.54) is 91.6 Å². The second kappa shape index (κ2) is 8.43. The summed E-state index contributed by atoms with van der Waals surface area (Å²) in [6, 6.07) is 51.2. The highest BCUT2D eigenvalue weighted by Crippen LogP contribution is 2.50. The first-order valence-corrected chi connectivity index (χ1v) is 16.9. The Kier molecular flexibility index (Phi) is 4.36. The Morgan fingerprint density at radius 2 is 1.13 bits per heavy atom. The molecule has 0 unspecified atom stereocenters. The maximum atomic E-state index is 5.42. The molecule has 47 heavy (non-hydrogen) atoms. The van der Waals surface area contributed by atoms with Crippen LogP contribution in [0, 0.1) is 0 Å². The van der Waals surface area contributed by atoms with Crippen LogP contribution in [0.25, 0.3) is 108 Å². The van der Waals surface area contributed by atoms with Gasteiger partial charge in [0.2, 0.25) is 0 Å². The Morgan fingerprint density at radius 1 is 0.447 bits per heavy atom. The third-order valence-electron chi connectivity index (χ3n) is 10.4. The van der Waals surface area contributed by atoms with Gasteiger partial charge in [-0.3, -0.25) is 4.40 Å². The van der Waals surface area contributed by atoms with E-state index in [0.29, 0.717) is 0 Å². The first kappa shape index (κ1) is 24.3. The molecule has 0 fully saturated rings. The summed E-state index contributed by atoms with van der Waals surface area (Å²) < 4.78 is 7.54. The zero-order valence-corrected chi connectivity index (χ0v) is 25.8. The average molecular weight is 614 g/mol. The van der Waals surface area contributed by atoms with Crippen molar-refractivity contribution in [3.05, 3.63) is 140 Å². The molecule has 11 aromatic rings. The largest absolute Gasteiger partial charge is 0.308 e. The molecule has 3 nitrogen and oxygen atoms in total. The van der Waals surface area contributed by atoms with Crippen LogP contribution >= 0.6 is 11.3 Å². The van der Waals surface area contributed by atoms with E-state index in [1.54, 1.807) is 0 Å². The van der Waals surface area contributed by atoms with Gasteiger partial charge in [0.15, 0.2) is 0 Å². The number of fused-ring (bicyclic) bond motifs is 17. The van der Waals surface area contributed by atoms with E-state index >= 15 is 0 Å². The molecular formula is C43H23N3S. The minimum atomic E-state index is 1.00. The Labute approximate surface area is 272 Å². The van der Waals surface area contributed by atoms with E-state index in [1.807, 2.05) is 11.3 Å². The van der Waals surface area contributed by atoms with Crippen LogP contribution in [0.15, 0.2) is 140 Å². The highest BCUT2D eigenvalue weighted by molar-refractivity contribution is 7.26. The van der Waals surface area contributed by atoms with Gasteiger partial charge >= 0.3 is 0 Å². The molecule has 1 aliphatic rings. The van der Waals surface area contributed by atoms with Crippen LogP contribution in [-0.4, -0.2) is 14.0 Å². The SMILES string of the molecule is c1ccc2c(c1)-c1cccc3c(-n4c5ccccc5c5ccc6c7sc8ccccc8c7n7c8ccccc8nc7c6c54)ccc-2c13. The second-order valence-electron chi connectivity index (χ2n) is 12.7. The zero-order valence-electron chi connectivity index (χ0n) is 25.0. The first-order chi connectivity index (χ1) is 23.3. The van der Waals surface area contributed by atoms with Crippen LogP contribution in [0.3, 0.4) is 0 Å². The maximum absolute atomic E-state index is 5.42. The van der Waals surface area contributed by atoms with Crippen molar-refractivity contribution in [2.45, 2.75) is 0 Å². The Morgan fingerprint density at radius 3 is 2.02 bits per heavy atom. The lowest BCUT2D eigenvalue weighted by Crippen LogP contribution is -1.98. The fraction of sp³-hybridized carbons (Fsp3) is 0. The number of imidazole rings is 1. The monoisotopic (exact) mass is 613 g/mol. The summed E-state index contributed by atoms with van der Waals surface area (Å²) in [6.07, 6.45) is 0. The third-order valence-corrected chi connectivity index (χ3v) is 11.6. The highest BCUT2D eigenvalue weighted by Gasteiger charge is 2.26. The molecular weight excluding hydrogens is 591 g/mol. The van der Waals surface area contributed by atoms with E-state index < -0.39 is 0 Å². The van der Waals surface area contributed by atoms with Crippen molar-refractivity contribution in [3.8, 4) is 27.9 Å². The van der Waals surface area contributed by atoms with Crippen molar-refractivity contribution >= 4 is 91.7 Å². The minimum Gasteiger partial charge on any atom is -0.308 e. The number of aromatic nitrogens is 3. The molecule has 1 aliphatic carbocycles. The Balaban J connectivity index is 1.35. The molecule has 0 radical (unpaired) electrons. The van der Waals surface area contributed by atoms with E-state index in [9.17, 15) is 0 Å². The van der Waals surface area contributed by atoms with Crippen molar-refractivity contribution in [1.29, 1.82) is 0 Å². The summed E-state index contributed by atoms with van der Waals surface area (Å²) in [6.45, 7) is 0. The van der Waals surface area contributed by atoms with Gasteiger partial charge in [0.1, 0.15) is 5.65 Å². The molecule has 0 saturated carbocycles. The summed E-state index contributed by atoms with van der Waals surface area (Å²) in [4.78, 5) is 5.42. The summed E-state index contributed by atoms with van der Waals surface area (Å²) >= 11 is 1.88. The molecule has 0 spiro atoms. The second-order valence-corrected chi connectivity index (χ2v) is 13.7. The number of hydrogen-bond acceptors (Lipinski definition) is 2. The number of hydrogen-bond donors (Lipinski definition) is 0. The number of nitrogens with zero attached hydrogens (tertiary/aromatic N) is 3. The average Bonchev–Trinajstić information content (AvgIpc) is 3.87. The molecule has 12 rings (SSSR count). The summed E-state index contributed by atoms with van der Waals surface area (Å²) in [5, 5.41) is 8.81. The van der Waals surface area contributed by atoms with E-state index in [-0.39, 0.29) is 0 Å². The number of benzene rings is 7. The lowest BCUT2D eigenvalue weighted by atomic mass is 10.0. The quantitative estimate of drug-likeness (QED) is 0.181. The standard InChI is InChI=1S/C43H23N3S/c1-2-11-25-24(10-1)27-14-9-15-30-35(23-22-28(25)38(27)30)45-34-17-6-3-12-26(34)29-20-21-32-39(40(29)45)43-44-33-16-5-7-18-36(33)46(43)41-31-13-4-8-19-37(31)47-42(32)41/h1-23H. The van der Waals surface area contributed by atoms with E-state index in [4.69, 9.17) is 4.98 Å². The lowest BCUT2D eigenvalue weighted by molar-refractivity contribution is 1.20. The minimum absolute atomic E-state index is 1.00. The van der Waals surface area contributed by atoms with Gasteiger partial charge < -0.3 is 4.57 Å². The third kappa shape index (κ3) is 2.87. The fourth-order valence-corrected chi connectivity index (χ4v) is 9.79. The fourth-order valence-electron chi connectivity index (χ4n) is 8.57. The molecule has 4 heteroatoms. The van der Waals surface area contributed by atoms with Crippen LogP contribution in [-0.2, 0) is 0 Å². The van der Waals surface area contributed by atoms with E-state index in [2.05, 4.69) is 148 Å². The van der Waals surface area contributed by atoms with Crippen LogP contribution in [0.1, 0.15) is 0 Å². The summed E-state index contributed by atoms with van der Waals surface area (Å²) in [7, 11) is 0. The number of para-hydroxylation sites is 3. The molecule has 0 saturated heterocycles. The van der Waals surface area contributed by atoms with Gasteiger partial charge in [0, 0.05) is 31.6 Å². The Hall–Kier alpha value is -5.97. The van der Waals surface area contributed by atoms with Crippen LogP contribution in [0.4, 0.5) is 0 Å². The van der Waals surface area contributed by atoms with Gasteiger partial charge in [-0.05, 0) is 58.0 Å². The van der Waals surface area contributed by atoms with Crippen LogP contribution in [0.2, 0.25) is 0 Å². The molecule has 4 heterocycles. The first-order valence-electron chi connectivity index (χ1n) is 16.1. The van der Waals surface area contributed by atoms with Gasteiger partial charge in [-0.25, -0.2) is 4.98 Å². The number of pyridine rings is 1. The van der Waals surface area contributed by atoms with Gasteiger partial charge in [-0.1, -0.05) is 109 Å². The molecule has 0 aliphatic heterocycles. The molecule has 0 N–H and O–H groups in total. The molecule has 216 valence electrons. The topological polar surface area (TPSA) is 22.2 Å². The Bertz CT molecular complexity index is 3160. The lowest BCUT2D eigenvalue weighted by Gasteiger charge is -2.15. The molecule has 0 amide bonds. The van der Waals surface area contributed by atoms with Gasteiger partial charge in [-0.15, -0.1) is 11.3 Å². The normalized spacial score (nSPS) is 12.7. The molecule has 0 atom stereocenters. The summed E-state index contributed by atoms with van der Waals surface area (Å²) in [5.41, 5.74) is 13.3. The zero-order chi connectivity index (χ0) is 30.4. The van der Waals surface area contributed by atoms with Crippen LogP contribution in [0.5, 0.6) is 0 Å². The number of rotatable bonds is 1. The molecule has 4 aromatic heterocycles.